The predicted molar refractivity (Wildman–Crippen MR) is 78.3 cm³/mol. The molecule has 114 valence electrons. The van der Waals surface area contributed by atoms with Gasteiger partial charge in [0.05, 0.1) is 12.0 Å². The van der Waals surface area contributed by atoms with Crippen LogP contribution in [0.1, 0.15) is 35.7 Å². The molecule has 0 saturated carbocycles. The van der Waals surface area contributed by atoms with Gasteiger partial charge in [0.25, 0.3) is 0 Å². The highest BCUT2D eigenvalue weighted by Gasteiger charge is 2.27. The van der Waals surface area contributed by atoms with Gasteiger partial charge in [-0.3, -0.25) is 4.79 Å². The molecular formula is C16H21NO4. The van der Waals surface area contributed by atoms with Crippen molar-refractivity contribution in [3.8, 4) is 0 Å². The van der Waals surface area contributed by atoms with E-state index in [1.807, 2.05) is 0 Å². The van der Waals surface area contributed by atoms with Crippen LogP contribution in [0.4, 0.5) is 0 Å². The SMILES string of the molecule is CC1(CNC(=O)Cc2ccccc2C(=O)O)CCOCC1. The molecule has 1 aliphatic rings. The molecule has 0 atom stereocenters. The van der Waals surface area contributed by atoms with E-state index in [0.29, 0.717) is 12.1 Å². The van der Waals surface area contributed by atoms with Crippen LogP contribution in [0.15, 0.2) is 24.3 Å². The van der Waals surface area contributed by atoms with E-state index in [1.165, 1.54) is 6.07 Å². The van der Waals surface area contributed by atoms with Crippen LogP contribution < -0.4 is 5.32 Å². The zero-order valence-electron chi connectivity index (χ0n) is 12.2. The van der Waals surface area contributed by atoms with Gasteiger partial charge in [-0.2, -0.15) is 0 Å². The topological polar surface area (TPSA) is 75.6 Å². The Morgan fingerprint density at radius 3 is 2.62 bits per heavy atom. The lowest BCUT2D eigenvalue weighted by Crippen LogP contribution is -2.40. The second-order valence-electron chi connectivity index (χ2n) is 5.84. The molecule has 0 aromatic heterocycles. The van der Waals surface area contributed by atoms with E-state index in [9.17, 15) is 9.59 Å². The summed E-state index contributed by atoms with van der Waals surface area (Å²) < 4.78 is 5.33. The molecular weight excluding hydrogens is 270 g/mol. The summed E-state index contributed by atoms with van der Waals surface area (Å²) in [6.45, 7) is 4.20. The summed E-state index contributed by atoms with van der Waals surface area (Å²) in [5, 5.41) is 12.0. The first-order chi connectivity index (χ1) is 10.0. The monoisotopic (exact) mass is 291 g/mol. The van der Waals surface area contributed by atoms with Crippen LogP contribution in [0, 0.1) is 5.41 Å². The Kier molecular flexibility index (Phi) is 4.96. The summed E-state index contributed by atoms with van der Waals surface area (Å²) >= 11 is 0. The molecule has 0 aliphatic carbocycles. The predicted octanol–water partition coefficient (Wildman–Crippen LogP) is 1.86. The van der Waals surface area contributed by atoms with E-state index in [2.05, 4.69) is 12.2 Å². The van der Waals surface area contributed by atoms with Crippen molar-refractivity contribution in [1.29, 1.82) is 0 Å². The number of benzene rings is 1. The van der Waals surface area contributed by atoms with Gasteiger partial charge in [-0.25, -0.2) is 4.79 Å². The van der Waals surface area contributed by atoms with Gasteiger partial charge in [0.1, 0.15) is 0 Å². The average Bonchev–Trinajstić information content (AvgIpc) is 2.46. The molecule has 0 unspecified atom stereocenters. The van der Waals surface area contributed by atoms with Crippen LogP contribution in [0.3, 0.4) is 0 Å². The fourth-order valence-electron chi connectivity index (χ4n) is 2.47. The highest BCUT2D eigenvalue weighted by Crippen LogP contribution is 2.28. The van der Waals surface area contributed by atoms with E-state index in [1.54, 1.807) is 18.2 Å². The van der Waals surface area contributed by atoms with Crippen molar-refractivity contribution in [2.75, 3.05) is 19.8 Å². The van der Waals surface area contributed by atoms with E-state index in [4.69, 9.17) is 9.84 Å². The van der Waals surface area contributed by atoms with Gasteiger partial charge < -0.3 is 15.2 Å². The number of carboxylic acid groups (broad SMARTS) is 1. The van der Waals surface area contributed by atoms with Crippen LogP contribution in [0.25, 0.3) is 0 Å². The van der Waals surface area contributed by atoms with Crippen molar-refractivity contribution < 1.29 is 19.4 Å². The molecule has 1 heterocycles. The number of carbonyl (C=O) groups is 2. The van der Waals surface area contributed by atoms with Crippen LogP contribution in [0.2, 0.25) is 0 Å². The molecule has 0 radical (unpaired) electrons. The van der Waals surface area contributed by atoms with Crippen LogP contribution in [0.5, 0.6) is 0 Å². The van der Waals surface area contributed by atoms with E-state index in [-0.39, 0.29) is 23.3 Å². The highest BCUT2D eigenvalue weighted by atomic mass is 16.5. The van der Waals surface area contributed by atoms with E-state index < -0.39 is 5.97 Å². The quantitative estimate of drug-likeness (QED) is 0.868. The summed E-state index contributed by atoms with van der Waals surface area (Å²) in [5.74, 6) is -1.15. The number of nitrogens with one attached hydrogen (secondary N) is 1. The van der Waals surface area contributed by atoms with Crippen LogP contribution >= 0.6 is 0 Å². The first-order valence-corrected chi connectivity index (χ1v) is 7.16. The van der Waals surface area contributed by atoms with Gasteiger partial charge in [0.15, 0.2) is 0 Å². The maximum Gasteiger partial charge on any atom is 0.335 e. The molecule has 1 fully saturated rings. The smallest absolute Gasteiger partial charge is 0.335 e. The van der Waals surface area contributed by atoms with E-state index >= 15 is 0 Å². The number of rotatable bonds is 5. The molecule has 21 heavy (non-hydrogen) atoms. The highest BCUT2D eigenvalue weighted by molar-refractivity contribution is 5.91. The largest absolute Gasteiger partial charge is 0.478 e. The van der Waals surface area contributed by atoms with Crippen molar-refractivity contribution >= 4 is 11.9 Å². The standard InChI is InChI=1S/C16H21NO4/c1-16(6-8-21-9-7-16)11-17-14(18)10-12-4-2-3-5-13(12)15(19)20/h2-5H,6-11H2,1H3,(H,17,18)(H,19,20). The molecule has 2 N–H and O–H groups in total. The van der Waals surface area contributed by atoms with Crippen molar-refractivity contribution in [3.63, 3.8) is 0 Å². The van der Waals surface area contributed by atoms with Crippen molar-refractivity contribution in [2.45, 2.75) is 26.2 Å². The summed E-state index contributed by atoms with van der Waals surface area (Å²) in [7, 11) is 0. The molecule has 2 rings (SSSR count). The molecule has 0 bridgehead atoms. The van der Waals surface area contributed by atoms with Crippen LogP contribution in [-0.2, 0) is 16.0 Å². The number of aromatic carboxylic acids is 1. The molecule has 1 aliphatic heterocycles. The lowest BCUT2D eigenvalue weighted by molar-refractivity contribution is -0.121. The van der Waals surface area contributed by atoms with Gasteiger partial charge in [0, 0.05) is 19.8 Å². The third kappa shape index (κ3) is 4.29. The number of hydrogen-bond donors (Lipinski definition) is 2. The molecule has 1 aromatic rings. The molecule has 5 heteroatoms. The fraction of sp³-hybridized carbons (Fsp3) is 0.500. The summed E-state index contributed by atoms with van der Waals surface area (Å²) in [6.07, 6.45) is 1.95. The third-order valence-electron chi connectivity index (χ3n) is 4.01. The Labute approximate surface area is 124 Å². The van der Waals surface area contributed by atoms with Gasteiger partial charge in [-0.15, -0.1) is 0 Å². The lowest BCUT2D eigenvalue weighted by atomic mass is 9.82. The number of carboxylic acids is 1. The molecule has 1 aromatic carbocycles. The van der Waals surface area contributed by atoms with Gasteiger partial charge in [0.2, 0.25) is 5.91 Å². The Morgan fingerprint density at radius 1 is 1.29 bits per heavy atom. The number of hydrogen-bond acceptors (Lipinski definition) is 3. The minimum atomic E-state index is -1.00. The molecule has 1 saturated heterocycles. The minimum absolute atomic E-state index is 0.0697. The first-order valence-electron chi connectivity index (χ1n) is 7.16. The summed E-state index contributed by atoms with van der Waals surface area (Å²) in [6, 6.07) is 6.60. The number of amides is 1. The summed E-state index contributed by atoms with van der Waals surface area (Å²) in [4.78, 5) is 23.2. The second-order valence-corrected chi connectivity index (χ2v) is 5.84. The minimum Gasteiger partial charge on any atom is -0.478 e. The number of ether oxygens (including phenoxy) is 1. The van der Waals surface area contributed by atoms with Gasteiger partial charge in [-0.1, -0.05) is 25.1 Å². The van der Waals surface area contributed by atoms with Crippen molar-refractivity contribution in [3.05, 3.63) is 35.4 Å². The van der Waals surface area contributed by atoms with Crippen LogP contribution in [-0.4, -0.2) is 36.7 Å². The zero-order chi connectivity index (χ0) is 15.3. The zero-order valence-corrected chi connectivity index (χ0v) is 12.2. The van der Waals surface area contributed by atoms with Gasteiger partial charge in [-0.05, 0) is 29.9 Å². The Morgan fingerprint density at radius 2 is 1.95 bits per heavy atom. The van der Waals surface area contributed by atoms with E-state index in [0.717, 1.165) is 26.1 Å². The first kappa shape index (κ1) is 15.5. The van der Waals surface area contributed by atoms with Crippen molar-refractivity contribution in [2.24, 2.45) is 5.41 Å². The average molecular weight is 291 g/mol. The Bertz CT molecular complexity index is 521. The van der Waals surface area contributed by atoms with Gasteiger partial charge >= 0.3 is 5.97 Å². The normalized spacial score (nSPS) is 17.2. The second kappa shape index (κ2) is 6.72. The Hall–Kier alpha value is -1.88. The molecule has 5 nitrogen and oxygen atoms in total. The maximum absolute atomic E-state index is 12.0. The lowest BCUT2D eigenvalue weighted by Gasteiger charge is -2.33. The fourth-order valence-corrected chi connectivity index (χ4v) is 2.47. The van der Waals surface area contributed by atoms with Crippen molar-refractivity contribution in [1.82, 2.24) is 5.32 Å². The summed E-state index contributed by atoms with van der Waals surface area (Å²) in [5.41, 5.74) is 0.796. The molecule has 1 amide bonds. The molecule has 0 spiro atoms. The number of carbonyl (C=O) groups excluding carboxylic acids is 1. The maximum atomic E-state index is 12.0. The Balaban J connectivity index is 1.91. The third-order valence-corrected chi connectivity index (χ3v) is 4.01.